The predicted octanol–water partition coefficient (Wildman–Crippen LogP) is 5.46. The molecule has 24 heavy (non-hydrogen) atoms. The second kappa shape index (κ2) is 7.15. The molecule has 0 saturated carbocycles. The summed E-state index contributed by atoms with van der Waals surface area (Å²) in [6, 6.07) is 13.3. The van der Waals surface area contributed by atoms with Crippen molar-refractivity contribution in [3.8, 4) is 0 Å². The highest BCUT2D eigenvalue weighted by atomic mass is 35.5. The lowest BCUT2D eigenvalue weighted by atomic mass is 10.1. The van der Waals surface area contributed by atoms with Gasteiger partial charge in [-0.2, -0.15) is 8.78 Å². The second-order valence-corrected chi connectivity index (χ2v) is 6.23. The monoisotopic (exact) mass is 364 g/mol. The van der Waals surface area contributed by atoms with Crippen molar-refractivity contribution in [2.45, 2.75) is 10.7 Å². The van der Waals surface area contributed by atoms with E-state index in [0.29, 0.717) is 28.2 Å². The van der Waals surface area contributed by atoms with Gasteiger partial charge in [-0.1, -0.05) is 41.6 Å². The summed E-state index contributed by atoms with van der Waals surface area (Å²) in [6.45, 7) is 0. The maximum atomic E-state index is 12.7. The molecule has 3 rings (SSSR count). The van der Waals surface area contributed by atoms with E-state index in [2.05, 4.69) is 10.3 Å². The van der Waals surface area contributed by atoms with E-state index < -0.39 is 11.7 Å². The lowest BCUT2D eigenvalue weighted by molar-refractivity contribution is 0.102. The first kappa shape index (κ1) is 16.7. The van der Waals surface area contributed by atoms with E-state index >= 15 is 0 Å². The minimum Gasteiger partial charge on any atom is -0.321 e. The highest BCUT2D eigenvalue weighted by Gasteiger charge is 2.17. The molecule has 0 aliphatic heterocycles. The quantitative estimate of drug-likeness (QED) is 0.625. The topological polar surface area (TPSA) is 42.0 Å². The Labute approximate surface area is 146 Å². The molecule has 0 atom stereocenters. The van der Waals surface area contributed by atoms with Crippen LogP contribution in [-0.2, 0) is 0 Å². The molecular formula is C17H11ClF2N2OS. The largest absolute Gasteiger partial charge is 0.321 e. The molecule has 0 saturated heterocycles. The third kappa shape index (κ3) is 3.49. The fourth-order valence-corrected chi connectivity index (χ4v) is 3.22. The van der Waals surface area contributed by atoms with E-state index in [0.717, 1.165) is 0 Å². The molecular weight excluding hydrogens is 354 g/mol. The number of amides is 1. The molecule has 122 valence electrons. The average Bonchev–Trinajstić information content (AvgIpc) is 2.57. The molecule has 3 nitrogen and oxygen atoms in total. The van der Waals surface area contributed by atoms with Crippen LogP contribution < -0.4 is 5.32 Å². The van der Waals surface area contributed by atoms with Crippen LogP contribution in [0.1, 0.15) is 10.4 Å². The molecule has 3 aromatic rings. The van der Waals surface area contributed by atoms with Crippen LogP contribution in [-0.4, -0.2) is 16.6 Å². The Balaban J connectivity index is 1.97. The Hall–Kier alpha value is -2.18. The molecule has 0 unspecified atom stereocenters. The van der Waals surface area contributed by atoms with Gasteiger partial charge in [0.05, 0.1) is 21.1 Å². The number of hydrogen-bond acceptors (Lipinski definition) is 3. The van der Waals surface area contributed by atoms with Crippen LogP contribution >= 0.6 is 23.4 Å². The van der Waals surface area contributed by atoms with Gasteiger partial charge in [0.25, 0.3) is 11.7 Å². The number of thioether (sulfide) groups is 1. The Morgan fingerprint density at radius 3 is 2.71 bits per heavy atom. The van der Waals surface area contributed by atoms with Crippen LogP contribution in [0.2, 0.25) is 5.02 Å². The fourth-order valence-electron chi connectivity index (χ4n) is 2.31. The zero-order valence-electron chi connectivity index (χ0n) is 12.2. The number of nitrogens with one attached hydrogen (secondary N) is 1. The van der Waals surface area contributed by atoms with Crippen molar-refractivity contribution < 1.29 is 13.6 Å². The van der Waals surface area contributed by atoms with Crippen LogP contribution in [0.3, 0.4) is 0 Å². The number of halogens is 3. The number of rotatable bonds is 4. The summed E-state index contributed by atoms with van der Waals surface area (Å²) in [5, 5.41) is 3.51. The summed E-state index contributed by atoms with van der Waals surface area (Å²) < 4.78 is 25.5. The summed E-state index contributed by atoms with van der Waals surface area (Å²) in [4.78, 5) is 16.9. The Kier molecular flexibility index (Phi) is 4.97. The van der Waals surface area contributed by atoms with Gasteiger partial charge in [0.2, 0.25) is 0 Å². The molecule has 1 aromatic heterocycles. The molecule has 1 amide bonds. The summed E-state index contributed by atoms with van der Waals surface area (Å²) in [7, 11) is 0. The first-order valence-electron chi connectivity index (χ1n) is 6.94. The van der Waals surface area contributed by atoms with Crippen molar-refractivity contribution in [2.24, 2.45) is 0 Å². The van der Waals surface area contributed by atoms with Gasteiger partial charge in [-0.15, -0.1) is 0 Å². The Morgan fingerprint density at radius 1 is 1.12 bits per heavy atom. The van der Waals surface area contributed by atoms with Crippen molar-refractivity contribution in [1.82, 2.24) is 4.98 Å². The summed E-state index contributed by atoms with van der Waals surface area (Å²) >= 11 is 6.28. The second-order valence-electron chi connectivity index (χ2n) is 4.82. The molecule has 0 aliphatic carbocycles. The van der Waals surface area contributed by atoms with Gasteiger partial charge in [-0.3, -0.25) is 9.78 Å². The van der Waals surface area contributed by atoms with Crippen LogP contribution in [0.4, 0.5) is 14.5 Å². The fraction of sp³-hybridized carbons (Fsp3) is 0.0588. The lowest BCUT2D eigenvalue weighted by Crippen LogP contribution is -2.13. The van der Waals surface area contributed by atoms with E-state index in [1.54, 1.807) is 42.6 Å². The normalized spacial score (nSPS) is 11.0. The number of fused-ring (bicyclic) bond motifs is 1. The number of nitrogens with zero attached hydrogens (tertiary/aromatic N) is 1. The van der Waals surface area contributed by atoms with E-state index in [4.69, 9.17) is 11.6 Å². The van der Waals surface area contributed by atoms with Crippen LogP contribution in [0.25, 0.3) is 10.9 Å². The van der Waals surface area contributed by atoms with Crippen LogP contribution in [0.5, 0.6) is 0 Å². The highest BCUT2D eigenvalue weighted by molar-refractivity contribution is 7.99. The minimum absolute atomic E-state index is 0.140. The molecule has 0 aliphatic rings. The number of alkyl halides is 2. The zero-order valence-corrected chi connectivity index (χ0v) is 13.7. The number of carbonyl (C=O) groups is 1. The maximum absolute atomic E-state index is 12.7. The standard InChI is InChI=1S/C17H11ClF2N2OS/c18-12-6-2-8-14(15(12)24-17(19)20)22-16(23)11-4-1-7-13-10(11)5-3-9-21-13/h1-9,17H,(H,22,23). The summed E-state index contributed by atoms with van der Waals surface area (Å²) in [5.74, 6) is -3.05. The van der Waals surface area contributed by atoms with Crippen molar-refractivity contribution in [2.75, 3.05) is 5.32 Å². The van der Waals surface area contributed by atoms with E-state index in [9.17, 15) is 13.6 Å². The van der Waals surface area contributed by atoms with Crippen molar-refractivity contribution in [3.63, 3.8) is 0 Å². The van der Waals surface area contributed by atoms with Gasteiger partial charge in [-0.05, 0) is 30.3 Å². The average molecular weight is 365 g/mol. The van der Waals surface area contributed by atoms with Gasteiger partial charge < -0.3 is 5.32 Å². The molecule has 0 spiro atoms. The zero-order chi connectivity index (χ0) is 17.1. The first-order valence-corrected chi connectivity index (χ1v) is 8.20. The number of benzene rings is 2. The van der Waals surface area contributed by atoms with Gasteiger partial charge in [0, 0.05) is 17.1 Å². The van der Waals surface area contributed by atoms with E-state index in [-0.39, 0.29) is 15.6 Å². The molecule has 0 radical (unpaired) electrons. The van der Waals surface area contributed by atoms with E-state index in [1.165, 1.54) is 12.1 Å². The summed E-state index contributed by atoms with van der Waals surface area (Å²) in [5.41, 5.74) is 1.34. The summed E-state index contributed by atoms with van der Waals surface area (Å²) in [6.07, 6.45) is 1.64. The highest BCUT2D eigenvalue weighted by Crippen LogP contribution is 2.37. The number of carbonyl (C=O) groups excluding carboxylic acids is 1. The molecule has 1 heterocycles. The lowest BCUT2D eigenvalue weighted by Gasteiger charge is -2.13. The van der Waals surface area contributed by atoms with Gasteiger partial charge in [-0.25, -0.2) is 0 Å². The molecule has 0 fully saturated rings. The van der Waals surface area contributed by atoms with Crippen molar-refractivity contribution >= 4 is 45.9 Å². The number of anilines is 1. The molecule has 2 aromatic carbocycles. The minimum atomic E-state index is -2.64. The third-order valence-electron chi connectivity index (χ3n) is 3.31. The van der Waals surface area contributed by atoms with Crippen LogP contribution in [0.15, 0.2) is 59.6 Å². The number of hydrogen-bond donors (Lipinski definition) is 1. The smallest absolute Gasteiger partial charge is 0.289 e. The van der Waals surface area contributed by atoms with E-state index in [1.807, 2.05) is 0 Å². The molecule has 0 bridgehead atoms. The van der Waals surface area contributed by atoms with Gasteiger partial charge in [0.1, 0.15) is 0 Å². The van der Waals surface area contributed by atoms with Gasteiger partial charge in [0.15, 0.2) is 0 Å². The number of aromatic nitrogens is 1. The first-order chi connectivity index (χ1) is 11.6. The van der Waals surface area contributed by atoms with Crippen molar-refractivity contribution in [3.05, 3.63) is 65.3 Å². The predicted molar refractivity (Wildman–Crippen MR) is 93.0 cm³/mol. The third-order valence-corrected chi connectivity index (χ3v) is 4.59. The molecule has 1 N–H and O–H groups in total. The SMILES string of the molecule is O=C(Nc1cccc(Cl)c1SC(F)F)c1cccc2ncccc12. The maximum Gasteiger partial charge on any atom is 0.289 e. The Bertz CT molecular complexity index is 899. The molecule has 7 heteroatoms. The van der Waals surface area contributed by atoms with Crippen LogP contribution in [0, 0.1) is 0 Å². The van der Waals surface area contributed by atoms with Gasteiger partial charge >= 0.3 is 0 Å². The van der Waals surface area contributed by atoms with Crippen molar-refractivity contribution in [1.29, 1.82) is 0 Å². The number of pyridine rings is 1. The Morgan fingerprint density at radius 2 is 1.92 bits per heavy atom.